The summed E-state index contributed by atoms with van der Waals surface area (Å²) in [6, 6.07) is 29.0. The molecule has 31 heavy (non-hydrogen) atoms. The molecule has 5 rings (SSSR count). The zero-order valence-electron chi connectivity index (χ0n) is 16.9. The Hall–Kier alpha value is -4.25. The topological polar surface area (TPSA) is 67.9 Å². The van der Waals surface area contributed by atoms with Gasteiger partial charge in [0.25, 0.3) is 5.56 Å². The van der Waals surface area contributed by atoms with Crippen molar-refractivity contribution in [3.8, 4) is 39.5 Å². The molecule has 150 valence electrons. The van der Waals surface area contributed by atoms with E-state index in [0.29, 0.717) is 16.9 Å². The molecule has 5 nitrogen and oxygen atoms in total. The van der Waals surface area contributed by atoms with Crippen LogP contribution in [0.3, 0.4) is 0 Å². The first-order valence-electron chi connectivity index (χ1n) is 9.93. The second kappa shape index (κ2) is 7.88. The molecule has 0 aliphatic rings. The number of hydrogen-bond acceptors (Lipinski definition) is 4. The lowest BCUT2D eigenvalue weighted by Crippen LogP contribution is -2.12. The normalized spacial score (nSPS) is 10.9. The van der Waals surface area contributed by atoms with Crippen LogP contribution in [0.15, 0.2) is 95.8 Å². The van der Waals surface area contributed by atoms with Gasteiger partial charge < -0.3 is 9.72 Å². The largest absolute Gasteiger partial charge is 0.497 e. The van der Waals surface area contributed by atoms with Gasteiger partial charge in [-0.2, -0.15) is 0 Å². The fourth-order valence-electron chi connectivity index (χ4n) is 3.63. The van der Waals surface area contributed by atoms with Gasteiger partial charge in [-0.15, -0.1) is 0 Å². The van der Waals surface area contributed by atoms with Crippen LogP contribution >= 0.6 is 0 Å². The van der Waals surface area contributed by atoms with Crippen LogP contribution in [0.4, 0.5) is 0 Å². The number of nitrogens with one attached hydrogen (secondary N) is 1. The molecule has 0 atom stereocenters. The quantitative estimate of drug-likeness (QED) is 0.439. The molecule has 5 heteroatoms. The third-order valence-electron chi connectivity index (χ3n) is 5.19. The highest BCUT2D eigenvalue weighted by molar-refractivity contribution is 5.95. The van der Waals surface area contributed by atoms with Crippen molar-refractivity contribution in [2.45, 2.75) is 0 Å². The number of pyridine rings is 1. The Labute approximate surface area is 179 Å². The van der Waals surface area contributed by atoms with Crippen LogP contribution in [0, 0.1) is 0 Å². The van der Waals surface area contributed by atoms with Gasteiger partial charge in [0.15, 0.2) is 5.65 Å². The zero-order chi connectivity index (χ0) is 21.2. The van der Waals surface area contributed by atoms with Crippen LogP contribution in [0.25, 0.3) is 44.8 Å². The minimum absolute atomic E-state index is 0.221. The Morgan fingerprint density at radius 2 is 1.39 bits per heavy atom. The number of hydrogen-bond donors (Lipinski definition) is 1. The highest BCUT2D eigenvalue weighted by atomic mass is 16.5. The number of rotatable bonds is 4. The minimum atomic E-state index is -0.221. The number of fused-ring (bicyclic) bond motifs is 1. The summed E-state index contributed by atoms with van der Waals surface area (Å²) in [7, 11) is 1.63. The van der Waals surface area contributed by atoms with Gasteiger partial charge in [0.1, 0.15) is 11.6 Å². The van der Waals surface area contributed by atoms with Crippen LogP contribution < -0.4 is 10.3 Å². The van der Waals surface area contributed by atoms with E-state index in [1.165, 1.54) is 0 Å². The summed E-state index contributed by atoms with van der Waals surface area (Å²) in [5.74, 6) is 1.25. The van der Waals surface area contributed by atoms with Crippen molar-refractivity contribution >= 4 is 11.0 Å². The fraction of sp³-hybridized carbons (Fsp3) is 0.0385. The fourth-order valence-corrected chi connectivity index (χ4v) is 3.63. The Balaban J connectivity index is 1.80. The molecule has 2 aromatic heterocycles. The Bertz CT molecular complexity index is 1410. The Morgan fingerprint density at radius 1 is 0.742 bits per heavy atom. The molecular formula is C26H19N3O2. The summed E-state index contributed by atoms with van der Waals surface area (Å²) in [6.45, 7) is 0. The maximum atomic E-state index is 13.2. The third-order valence-corrected chi connectivity index (χ3v) is 5.19. The van der Waals surface area contributed by atoms with Crippen molar-refractivity contribution in [3.05, 3.63) is 101 Å². The van der Waals surface area contributed by atoms with E-state index in [1.807, 2.05) is 91.0 Å². The Kier molecular flexibility index (Phi) is 4.77. The number of H-pyrrole nitrogens is 1. The van der Waals surface area contributed by atoms with E-state index in [2.05, 4.69) is 4.98 Å². The van der Waals surface area contributed by atoms with Gasteiger partial charge in [-0.05, 0) is 23.8 Å². The molecule has 0 saturated heterocycles. The molecule has 0 saturated carbocycles. The highest BCUT2D eigenvalue weighted by Gasteiger charge is 2.15. The highest BCUT2D eigenvalue weighted by Crippen LogP contribution is 2.31. The molecular weight excluding hydrogens is 386 g/mol. The third kappa shape index (κ3) is 3.57. The van der Waals surface area contributed by atoms with E-state index in [4.69, 9.17) is 14.7 Å². The van der Waals surface area contributed by atoms with Gasteiger partial charge in [0.2, 0.25) is 0 Å². The number of methoxy groups -OCH3 is 1. The molecule has 3 aromatic carbocycles. The molecule has 0 bridgehead atoms. The molecule has 0 aliphatic carbocycles. The molecule has 0 fully saturated rings. The first-order chi connectivity index (χ1) is 15.2. The minimum Gasteiger partial charge on any atom is -0.497 e. The second-order valence-corrected chi connectivity index (χ2v) is 7.13. The molecule has 1 N–H and O–H groups in total. The lowest BCUT2D eigenvalue weighted by Gasteiger charge is -2.11. The predicted octanol–water partition coefficient (Wildman–Crippen LogP) is 5.33. The van der Waals surface area contributed by atoms with Crippen molar-refractivity contribution in [2.75, 3.05) is 7.11 Å². The van der Waals surface area contributed by atoms with Crippen molar-refractivity contribution in [1.82, 2.24) is 15.0 Å². The summed E-state index contributed by atoms with van der Waals surface area (Å²) in [4.78, 5) is 25.6. The standard InChI is InChI=1S/C26H19N3O2/c1-31-20-14-12-17(13-15-20)21-16-22(18-8-4-2-5-9-18)27-25-23(21)26(30)29-24(28-25)19-10-6-3-7-11-19/h2-16H,1H3,(H,27,28,29,30). The predicted molar refractivity (Wildman–Crippen MR) is 123 cm³/mol. The average Bonchev–Trinajstić information content (AvgIpc) is 2.84. The van der Waals surface area contributed by atoms with E-state index in [-0.39, 0.29) is 5.56 Å². The summed E-state index contributed by atoms with van der Waals surface area (Å²) < 4.78 is 5.28. The van der Waals surface area contributed by atoms with Gasteiger partial charge in [0.05, 0.1) is 18.2 Å². The molecule has 5 aromatic rings. The van der Waals surface area contributed by atoms with Crippen LogP contribution in [0.1, 0.15) is 0 Å². The maximum Gasteiger partial charge on any atom is 0.261 e. The molecule has 0 aliphatic heterocycles. The van der Waals surface area contributed by atoms with Crippen molar-refractivity contribution in [1.29, 1.82) is 0 Å². The number of benzene rings is 3. The van der Waals surface area contributed by atoms with Crippen molar-refractivity contribution < 1.29 is 4.74 Å². The SMILES string of the molecule is COc1ccc(-c2cc(-c3ccccc3)nc3nc(-c4ccccc4)[nH]c(=O)c23)cc1. The summed E-state index contributed by atoms with van der Waals surface area (Å²) in [5, 5.41) is 0.463. The average molecular weight is 405 g/mol. The first kappa shape index (κ1) is 18.8. The van der Waals surface area contributed by atoms with Crippen molar-refractivity contribution in [3.63, 3.8) is 0 Å². The van der Waals surface area contributed by atoms with Gasteiger partial charge in [-0.1, -0.05) is 72.8 Å². The molecule has 2 heterocycles. The van der Waals surface area contributed by atoms with E-state index in [1.54, 1.807) is 7.11 Å². The number of nitrogens with zero attached hydrogens (tertiary/aromatic N) is 2. The van der Waals surface area contributed by atoms with Gasteiger partial charge >= 0.3 is 0 Å². The Morgan fingerprint density at radius 3 is 2.03 bits per heavy atom. The van der Waals surface area contributed by atoms with Gasteiger partial charge in [-0.25, -0.2) is 9.97 Å². The second-order valence-electron chi connectivity index (χ2n) is 7.13. The van der Waals surface area contributed by atoms with Crippen LogP contribution in [-0.2, 0) is 0 Å². The van der Waals surface area contributed by atoms with Crippen LogP contribution in [0.5, 0.6) is 5.75 Å². The van der Waals surface area contributed by atoms with E-state index in [9.17, 15) is 4.79 Å². The lowest BCUT2D eigenvalue weighted by molar-refractivity contribution is 0.415. The monoisotopic (exact) mass is 405 g/mol. The molecule has 0 unspecified atom stereocenters. The summed E-state index contributed by atoms with van der Waals surface area (Å²) in [6.07, 6.45) is 0. The van der Waals surface area contributed by atoms with Crippen LogP contribution in [0.2, 0.25) is 0 Å². The van der Waals surface area contributed by atoms with E-state index in [0.717, 1.165) is 33.7 Å². The summed E-state index contributed by atoms with van der Waals surface area (Å²) in [5.41, 5.74) is 4.42. The molecule has 0 amide bonds. The molecule has 0 radical (unpaired) electrons. The van der Waals surface area contributed by atoms with Gasteiger partial charge in [-0.3, -0.25) is 4.79 Å². The zero-order valence-corrected chi connectivity index (χ0v) is 16.9. The molecule has 0 spiro atoms. The van der Waals surface area contributed by atoms with Crippen LogP contribution in [-0.4, -0.2) is 22.1 Å². The van der Waals surface area contributed by atoms with Gasteiger partial charge in [0, 0.05) is 16.7 Å². The van der Waals surface area contributed by atoms with E-state index < -0.39 is 0 Å². The number of ether oxygens (including phenoxy) is 1. The summed E-state index contributed by atoms with van der Waals surface area (Å²) >= 11 is 0. The maximum absolute atomic E-state index is 13.2. The van der Waals surface area contributed by atoms with E-state index >= 15 is 0 Å². The number of aromatic nitrogens is 3. The van der Waals surface area contributed by atoms with Crippen molar-refractivity contribution in [2.24, 2.45) is 0 Å². The first-order valence-corrected chi connectivity index (χ1v) is 9.93. The number of aromatic amines is 1. The smallest absolute Gasteiger partial charge is 0.261 e. The lowest BCUT2D eigenvalue weighted by atomic mass is 10.00.